The summed E-state index contributed by atoms with van der Waals surface area (Å²) in [5.74, 6) is 0. The van der Waals surface area contributed by atoms with Gasteiger partial charge >= 0.3 is 0 Å². The molecule has 0 heterocycles. The van der Waals surface area contributed by atoms with E-state index in [0.29, 0.717) is 12.2 Å². The van der Waals surface area contributed by atoms with Crippen molar-refractivity contribution in [3.8, 4) is 0 Å². The molecule has 0 amide bonds. The van der Waals surface area contributed by atoms with Crippen molar-refractivity contribution < 1.29 is 0 Å². The molecule has 0 aromatic heterocycles. The predicted molar refractivity (Wildman–Crippen MR) is 166 cm³/mol. The van der Waals surface area contributed by atoms with Crippen molar-refractivity contribution in [1.29, 1.82) is 0 Å². The van der Waals surface area contributed by atoms with Crippen molar-refractivity contribution >= 4 is 0 Å². The van der Waals surface area contributed by atoms with Gasteiger partial charge in [0.1, 0.15) is 0 Å². The number of rotatable bonds is 29. The fourth-order valence-corrected chi connectivity index (χ4v) is 4.13. The Kier molecular flexibility index (Phi) is 26.5. The van der Waals surface area contributed by atoms with Crippen LogP contribution in [0, 0.1) is 0 Å². The molecule has 0 aliphatic carbocycles. The van der Waals surface area contributed by atoms with E-state index >= 15 is 0 Å². The zero-order valence-corrected chi connectivity index (χ0v) is 25.5. The fourth-order valence-electron chi connectivity index (χ4n) is 4.13. The SMILES string of the molecule is CC(N)CCNC(CCCNCC[C@H](C)N)CNCCCNC(CCCNCC[C@@H](C)N)NCCC(C)N. The Labute approximate surface area is 235 Å². The summed E-state index contributed by atoms with van der Waals surface area (Å²) in [6.45, 7) is 17.2. The topological polar surface area (TPSA) is 176 Å². The Morgan fingerprint density at radius 2 is 0.868 bits per heavy atom. The number of nitrogens with one attached hydrogen (secondary N) is 6. The Morgan fingerprint density at radius 3 is 1.42 bits per heavy atom. The van der Waals surface area contributed by atoms with E-state index in [4.69, 9.17) is 22.9 Å². The van der Waals surface area contributed by atoms with Gasteiger partial charge in [0.2, 0.25) is 0 Å². The van der Waals surface area contributed by atoms with Crippen molar-refractivity contribution in [3.63, 3.8) is 0 Å². The van der Waals surface area contributed by atoms with Gasteiger partial charge in [0.05, 0.1) is 6.17 Å². The van der Waals surface area contributed by atoms with Crippen molar-refractivity contribution in [1.82, 2.24) is 31.9 Å². The summed E-state index contributed by atoms with van der Waals surface area (Å²) in [6.07, 6.45) is 10.0. The first-order chi connectivity index (χ1) is 18.2. The summed E-state index contributed by atoms with van der Waals surface area (Å²) in [5, 5.41) is 21.8. The minimum atomic E-state index is 0.229. The van der Waals surface area contributed by atoms with Crippen LogP contribution in [0.5, 0.6) is 0 Å². The molecule has 0 aromatic rings. The zero-order chi connectivity index (χ0) is 28.4. The van der Waals surface area contributed by atoms with Crippen LogP contribution in [0.4, 0.5) is 0 Å². The molecule has 0 saturated heterocycles. The molecular formula is C28H68N10. The van der Waals surface area contributed by atoms with Gasteiger partial charge in [-0.1, -0.05) is 0 Å². The van der Waals surface area contributed by atoms with E-state index in [1.54, 1.807) is 0 Å². The second-order valence-corrected chi connectivity index (χ2v) is 11.5. The molecule has 0 rings (SSSR count). The van der Waals surface area contributed by atoms with Gasteiger partial charge in [0.25, 0.3) is 0 Å². The molecule has 0 bridgehead atoms. The van der Waals surface area contributed by atoms with Crippen molar-refractivity contribution in [2.24, 2.45) is 22.9 Å². The van der Waals surface area contributed by atoms with Crippen molar-refractivity contribution in [3.05, 3.63) is 0 Å². The first-order valence-corrected chi connectivity index (χ1v) is 15.5. The van der Waals surface area contributed by atoms with E-state index in [1.165, 1.54) is 0 Å². The first-order valence-electron chi connectivity index (χ1n) is 15.5. The van der Waals surface area contributed by atoms with Gasteiger partial charge in [0, 0.05) is 36.8 Å². The monoisotopic (exact) mass is 545 g/mol. The van der Waals surface area contributed by atoms with Crippen LogP contribution < -0.4 is 54.8 Å². The van der Waals surface area contributed by atoms with E-state index in [9.17, 15) is 0 Å². The predicted octanol–water partition coefficient (Wildman–Crippen LogP) is 0.118. The molecule has 0 aliphatic heterocycles. The third-order valence-electron chi connectivity index (χ3n) is 6.64. The summed E-state index contributed by atoms with van der Waals surface area (Å²) in [7, 11) is 0. The maximum atomic E-state index is 5.94. The third-order valence-corrected chi connectivity index (χ3v) is 6.64. The average Bonchev–Trinajstić information content (AvgIpc) is 2.83. The molecular weight excluding hydrogens is 476 g/mol. The van der Waals surface area contributed by atoms with E-state index < -0.39 is 0 Å². The minimum Gasteiger partial charge on any atom is -0.328 e. The van der Waals surface area contributed by atoms with Crippen molar-refractivity contribution in [2.75, 3.05) is 58.9 Å². The van der Waals surface area contributed by atoms with Crippen LogP contribution in [-0.4, -0.2) is 95.3 Å². The molecule has 14 N–H and O–H groups in total. The lowest BCUT2D eigenvalue weighted by atomic mass is 10.1. The Morgan fingerprint density at radius 1 is 0.421 bits per heavy atom. The standard InChI is InChI=1S/C28H68N10/c1-23(29)10-18-33-14-5-8-27(36-20-12-25(3)31)22-35-16-7-17-37-28(38-21-13-26(4)32)9-6-15-34-19-11-24(2)30/h23-28,33-38H,5-22,29-32H2,1-4H3/t23-,24+,25?,26?,27?,28?/m0/s1. The maximum absolute atomic E-state index is 5.94. The lowest BCUT2D eigenvalue weighted by Gasteiger charge is -2.22. The molecule has 10 nitrogen and oxygen atoms in total. The smallest absolute Gasteiger partial charge is 0.0572 e. The zero-order valence-electron chi connectivity index (χ0n) is 25.5. The van der Waals surface area contributed by atoms with Gasteiger partial charge in [-0.15, -0.1) is 0 Å². The van der Waals surface area contributed by atoms with E-state index in [2.05, 4.69) is 59.6 Å². The lowest BCUT2D eigenvalue weighted by Crippen LogP contribution is -2.45. The highest BCUT2D eigenvalue weighted by Crippen LogP contribution is 1.99. The summed E-state index contributed by atoms with van der Waals surface area (Å²) in [4.78, 5) is 0. The number of hydrogen-bond donors (Lipinski definition) is 10. The lowest BCUT2D eigenvalue weighted by molar-refractivity contribution is 0.374. The van der Waals surface area contributed by atoms with Gasteiger partial charge in [0.15, 0.2) is 0 Å². The molecule has 230 valence electrons. The van der Waals surface area contributed by atoms with Crippen LogP contribution >= 0.6 is 0 Å². The summed E-state index contributed by atoms with van der Waals surface area (Å²) in [5.41, 5.74) is 23.5. The summed E-state index contributed by atoms with van der Waals surface area (Å²) < 4.78 is 0. The quantitative estimate of drug-likeness (QED) is 0.0459. The summed E-state index contributed by atoms with van der Waals surface area (Å²) >= 11 is 0. The fraction of sp³-hybridized carbons (Fsp3) is 1.00. The van der Waals surface area contributed by atoms with Gasteiger partial charge in [-0.05, 0) is 138 Å². The highest BCUT2D eigenvalue weighted by molar-refractivity contribution is 4.73. The molecule has 0 aliphatic rings. The Bertz CT molecular complexity index is 435. The Balaban J connectivity index is 4.21. The molecule has 0 radical (unpaired) electrons. The van der Waals surface area contributed by atoms with Gasteiger partial charge in [-0.3, -0.25) is 0 Å². The highest BCUT2D eigenvalue weighted by atomic mass is 15.1. The van der Waals surface area contributed by atoms with Crippen LogP contribution in [0.1, 0.15) is 85.5 Å². The van der Waals surface area contributed by atoms with Gasteiger partial charge < -0.3 is 54.8 Å². The van der Waals surface area contributed by atoms with E-state index in [1.807, 2.05) is 0 Å². The van der Waals surface area contributed by atoms with Crippen LogP contribution in [0.3, 0.4) is 0 Å². The second-order valence-electron chi connectivity index (χ2n) is 11.5. The first kappa shape index (κ1) is 37.6. The molecule has 0 fully saturated rings. The average molecular weight is 545 g/mol. The van der Waals surface area contributed by atoms with E-state index in [-0.39, 0.29) is 24.2 Å². The number of hydrogen-bond acceptors (Lipinski definition) is 10. The van der Waals surface area contributed by atoms with Crippen molar-refractivity contribution in [2.45, 2.75) is 122 Å². The molecule has 0 saturated carbocycles. The minimum absolute atomic E-state index is 0.229. The van der Waals surface area contributed by atoms with Crippen LogP contribution in [-0.2, 0) is 0 Å². The molecule has 38 heavy (non-hydrogen) atoms. The van der Waals surface area contributed by atoms with Crippen LogP contribution in [0.25, 0.3) is 0 Å². The highest BCUT2D eigenvalue weighted by Gasteiger charge is 2.10. The van der Waals surface area contributed by atoms with Gasteiger partial charge in [-0.25, -0.2) is 0 Å². The van der Waals surface area contributed by atoms with E-state index in [0.717, 1.165) is 117 Å². The van der Waals surface area contributed by atoms with Gasteiger partial charge in [-0.2, -0.15) is 0 Å². The molecule has 6 atom stereocenters. The summed E-state index contributed by atoms with van der Waals surface area (Å²) in [6, 6.07) is 1.47. The molecule has 10 heteroatoms. The van der Waals surface area contributed by atoms with Crippen LogP contribution in [0.15, 0.2) is 0 Å². The number of nitrogens with two attached hydrogens (primary N) is 4. The normalized spacial score (nSPS) is 16.7. The molecule has 0 spiro atoms. The largest absolute Gasteiger partial charge is 0.328 e. The third kappa shape index (κ3) is 28.6. The van der Waals surface area contributed by atoms with Crippen LogP contribution in [0.2, 0.25) is 0 Å². The Hall–Kier alpha value is -0.400. The molecule has 4 unspecified atom stereocenters. The molecule has 0 aromatic carbocycles. The second kappa shape index (κ2) is 26.8. The maximum Gasteiger partial charge on any atom is 0.0572 e.